The minimum atomic E-state index is -4.58. The molecular formula is C8H7ClF2O2S. The number of benzene rings is 1. The average Bonchev–Trinajstić information content (AvgIpc) is 2.01. The minimum Gasteiger partial charge on any atom is -0.207 e. The lowest BCUT2D eigenvalue weighted by molar-refractivity contribution is 0.550. The van der Waals surface area contributed by atoms with Crippen LogP contribution in [0.15, 0.2) is 18.2 Å². The molecule has 0 unspecified atom stereocenters. The molecule has 0 aliphatic rings. The summed E-state index contributed by atoms with van der Waals surface area (Å²) in [6, 6.07) is 3.96. The summed E-state index contributed by atoms with van der Waals surface area (Å²) in [6.45, 7) is 0. The van der Waals surface area contributed by atoms with E-state index in [2.05, 4.69) is 0 Å². The van der Waals surface area contributed by atoms with E-state index in [0.717, 1.165) is 6.07 Å². The molecule has 0 radical (unpaired) electrons. The molecule has 0 bridgehead atoms. The summed E-state index contributed by atoms with van der Waals surface area (Å²) < 4.78 is 45.6. The molecule has 0 aliphatic carbocycles. The quantitative estimate of drug-likeness (QED) is 0.760. The molecule has 1 rings (SSSR count). The van der Waals surface area contributed by atoms with Gasteiger partial charge in [0.2, 0.25) is 0 Å². The van der Waals surface area contributed by atoms with Gasteiger partial charge in [-0.25, -0.2) is 4.39 Å². The maximum Gasteiger partial charge on any atom is 0.302 e. The second-order valence-electron chi connectivity index (χ2n) is 2.69. The molecule has 1 aromatic carbocycles. The van der Waals surface area contributed by atoms with Crippen molar-refractivity contribution in [2.45, 2.75) is 6.42 Å². The topological polar surface area (TPSA) is 34.1 Å². The van der Waals surface area contributed by atoms with Gasteiger partial charge >= 0.3 is 10.2 Å². The first kappa shape index (κ1) is 11.4. The molecule has 0 heterocycles. The van der Waals surface area contributed by atoms with Gasteiger partial charge in [0.25, 0.3) is 0 Å². The Morgan fingerprint density at radius 3 is 2.50 bits per heavy atom. The Bertz CT molecular complexity index is 411. The first-order valence-corrected chi connectivity index (χ1v) is 5.68. The van der Waals surface area contributed by atoms with Crippen LogP contribution in [0.2, 0.25) is 5.02 Å². The maximum atomic E-state index is 13.0. The predicted molar refractivity (Wildman–Crippen MR) is 50.0 cm³/mol. The van der Waals surface area contributed by atoms with Gasteiger partial charge in [-0.2, -0.15) is 8.42 Å². The lowest BCUT2D eigenvalue weighted by Crippen LogP contribution is -2.04. The molecule has 0 atom stereocenters. The van der Waals surface area contributed by atoms with E-state index in [0.29, 0.717) is 0 Å². The Labute approximate surface area is 85.7 Å². The van der Waals surface area contributed by atoms with Gasteiger partial charge < -0.3 is 0 Å². The Balaban J connectivity index is 2.87. The zero-order chi connectivity index (χ0) is 10.8. The van der Waals surface area contributed by atoms with Gasteiger partial charge in [-0.1, -0.05) is 17.7 Å². The van der Waals surface area contributed by atoms with E-state index in [1.165, 1.54) is 12.1 Å². The number of rotatable bonds is 3. The van der Waals surface area contributed by atoms with E-state index in [1.807, 2.05) is 0 Å². The van der Waals surface area contributed by atoms with Gasteiger partial charge in [-0.15, -0.1) is 3.89 Å². The van der Waals surface area contributed by atoms with Crippen LogP contribution in [-0.4, -0.2) is 14.2 Å². The van der Waals surface area contributed by atoms with E-state index in [1.54, 1.807) is 0 Å². The fraction of sp³-hybridized carbons (Fsp3) is 0.250. The molecular weight excluding hydrogens is 234 g/mol. The molecule has 0 amide bonds. The minimum absolute atomic E-state index is 0.0235. The van der Waals surface area contributed by atoms with Crippen molar-refractivity contribution in [3.8, 4) is 0 Å². The van der Waals surface area contributed by atoms with Gasteiger partial charge in [0, 0.05) is 10.6 Å². The molecule has 0 saturated heterocycles. The lowest BCUT2D eigenvalue weighted by atomic mass is 10.1. The highest BCUT2D eigenvalue weighted by molar-refractivity contribution is 7.86. The Kier molecular flexibility index (Phi) is 3.44. The monoisotopic (exact) mass is 240 g/mol. The molecule has 6 heteroatoms. The largest absolute Gasteiger partial charge is 0.302 e. The molecule has 0 N–H and O–H groups in total. The van der Waals surface area contributed by atoms with Crippen LogP contribution in [0.1, 0.15) is 5.56 Å². The fourth-order valence-electron chi connectivity index (χ4n) is 0.995. The Hall–Kier alpha value is -0.680. The van der Waals surface area contributed by atoms with Crippen LogP contribution < -0.4 is 0 Å². The van der Waals surface area contributed by atoms with Crippen LogP contribution in [0, 0.1) is 5.82 Å². The summed E-state index contributed by atoms with van der Waals surface area (Å²) in [5.41, 5.74) is 0.0235. The van der Waals surface area contributed by atoms with Crippen LogP contribution in [0.4, 0.5) is 8.28 Å². The second-order valence-corrected chi connectivity index (χ2v) is 4.59. The first-order valence-electron chi connectivity index (χ1n) is 3.75. The molecule has 2 nitrogen and oxygen atoms in total. The maximum absolute atomic E-state index is 13.0. The fourth-order valence-corrected chi connectivity index (χ4v) is 1.70. The van der Waals surface area contributed by atoms with E-state index >= 15 is 0 Å². The highest BCUT2D eigenvalue weighted by atomic mass is 35.5. The van der Waals surface area contributed by atoms with Gasteiger partial charge in [-0.05, 0) is 18.6 Å². The van der Waals surface area contributed by atoms with E-state index < -0.39 is 21.8 Å². The number of hydrogen-bond acceptors (Lipinski definition) is 2. The molecule has 0 spiro atoms. The van der Waals surface area contributed by atoms with Crippen LogP contribution in [-0.2, 0) is 16.6 Å². The molecule has 0 aromatic heterocycles. The zero-order valence-corrected chi connectivity index (χ0v) is 8.58. The van der Waals surface area contributed by atoms with Gasteiger partial charge in [0.15, 0.2) is 0 Å². The van der Waals surface area contributed by atoms with Crippen LogP contribution >= 0.6 is 11.6 Å². The molecule has 0 fully saturated rings. The zero-order valence-electron chi connectivity index (χ0n) is 7.00. The standard InChI is InChI=1S/C8H7ClF2O2S/c9-7-2-1-3-8(10)6(7)4-5-14(11,12)13/h1-3H,4-5H2. The third kappa shape index (κ3) is 3.23. The lowest BCUT2D eigenvalue weighted by Gasteiger charge is -2.03. The summed E-state index contributed by atoms with van der Waals surface area (Å²) >= 11 is 5.60. The van der Waals surface area contributed by atoms with Crippen molar-refractivity contribution in [3.05, 3.63) is 34.6 Å². The highest BCUT2D eigenvalue weighted by Gasteiger charge is 2.12. The summed E-state index contributed by atoms with van der Waals surface area (Å²) in [5.74, 6) is -1.38. The normalized spacial score (nSPS) is 11.6. The van der Waals surface area contributed by atoms with Crippen molar-refractivity contribution in [2.24, 2.45) is 0 Å². The van der Waals surface area contributed by atoms with Crippen molar-refractivity contribution in [2.75, 3.05) is 5.75 Å². The summed E-state index contributed by atoms with van der Waals surface area (Å²) in [5, 5.41) is 0.105. The Morgan fingerprint density at radius 1 is 1.36 bits per heavy atom. The number of halogens is 3. The smallest absolute Gasteiger partial charge is 0.207 e. The Morgan fingerprint density at radius 2 is 2.00 bits per heavy atom. The van der Waals surface area contributed by atoms with Crippen LogP contribution in [0.5, 0.6) is 0 Å². The summed E-state index contributed by atoms with van der Waals surface area (Å²) in [4.78, 5) is 0. The summed E-state index contributed by atoms with van der Waals surface area (Å²) in [7, 11) is -4.58. The van der Waals surface area contributed by atoms with Crippen molar-refractivity contribution in [1.82, 2.24) is 0 Å². The van der Waals surface area contributed by atoms with Gasteiger partial charge in [0.1, 0.15) is 5.82 Å². The molecule has 78 valence electrons. The van der Waals surface area contributed by atoms with Crippen LogP contribution in [0.25, 0.3) is 0 Å². The van der Waals surface area contributed by atoms with E-state index in [-0.39, 0.29) is 17.0 Å². The van der Waals surface area contributed by atoms with Crippen molar-refractivity contribution in [1.29, 1.82) is 0 Å². The second kappa shape index (κ2) is 4.23. The summed E-state index contributed by atoms with van der Waals surface area (Å²) in [6.07, 6.45) is -0.260. The van der Waals surface area contributed by atoms with E-state index in [4.69, 9.17) is 11.6 Å². The van der Waals surface area contributed by atoms with E-state index in [9.17, 15) is 16.7 Å². The highest BCUT2D eigenvalue weighted by Crippen LogP contribution is 2.19. The molecule has 1 aromatic rings. The molecule has 0 saturated carbocycles. The average molecular weight is 241 g/mol. The van der Waals surface area contributed by atoms with Crippen molar-refractivity contribution >= 4 is 21.8 Å². The van der Waals surface area contributed by atoms with Crippen molar-refractivity contribution in [3.63, 3.8) is 0 Å². The third-order valence-corrected chi connectivity index (χ3v) is 2.70. The van der Waals surface area contributed by atoms with Crippen LogP contribution in [0.3, 0.4) is 0 Å². The molecule has 0 aliphatic heterocycles. The predicted octanol–water partition coefficient (Wildman–Crippen LogP) is 2.32. The SMILES string of the molecule is O=S(=O)(F)CCc1c(F)cccc1Cl. The molecule has 14 heavy (non-hydrogen) atoms. The van der Waals surface area contributed by atoms with Crippen molar-refractivity contribution < 1.29 is 16.7 Å². The van der Waals surface area contributed by atoms with Gasteiger partial charge in [-0.3, -0.25) is 0 Å². The third-order valence-electron chi connectivity index (χ3n) is 1.66. The first-order chi connectivity index (χ1) is 6.40. The number of hydrogen-bond donors (Lipinski definition) is 0. The van der Waals surface area contributed by atoms with Gasteiger partial charge in [0.05, 0.1) is 5.75 Å².